The molecule has 108 valence electrons. The van der Waals surface area contributed by atoms with E-state index in [4.69, 9.17) is 0 Å². The maximum Gasteiger partial charge on any atom is 0.253 e. The minimum atomic E-state index is -0.985. The first kappa shape index (κ1) is 14.6. The van der Waals surface area contributed by atoms with E-state index in [0.717, 1.165) is 5.56 Å². The van der Waals surface area contributed by atoms with Crippen molar-refractivity contribution >= 4 is 11.8 Å². The van der Waals surface area contributed by atoms with Crippen LogP contribution >= 0.6 is 0 Å². The van der Waals surface area contributed by atoms with E-state index in [1.54, 1.807) is 18.9 Å². The van der Waals surface area contributed by atoms with Crippen molar-refractivity contribution in [2.45, 2.75) is 44.7 Å². The monoisotopic (exact) mass is 274 g/mol. The number of carbonyl (C=O) groups is 2. The molecule has 2 rings (SSSR count). The fourth-order valence-electron chi connectivity index (χ4n) is 3.09. The first-order chi connectivity index (χ1) is 9.42. The van der Waals surface area contributed by atoms with Gasteiger partial charge in [0.15, 0.2) is 0 Å². The van der Waals surface area contributed by atoms with Crippen LogP contribution in [0.1, 0.15) is 39.2 Å². The summed E-state index contributed by atoms with van der Waals surface area (Å²) >= 11 is 0. The Balaban J connectivity index is 2.48. The average molecular weight is 274 g/mol. The van der Waals surface area contributed by atoms with E-state index in [1.165, 1.54) is 0 Å². The number of likely N-dealkylation sites (N-methyl/N-ethyl adjacent to an activating group) is 1. The lowest BCUT2D eigenvalue weighted by molar-refractivity contribution is -0.161. The van der Waals surface area contributed by atoms with Gasteiger partial charge in [-0.3, -0.25) is 9.59 Å². The molecule has 1 saturated heterocycles. The van der Waals surface area contributed by atoms with Crippen LogP contribution in [-0.2, 0) is 15.1 Å². The molecule has 4 heteroatoms. The molecule has 2 amide bonds. The van der Waals surface area contributed by atoms with Crippen molar-refractivity contribution in [2.75, 3.05) is 7.05 Å². The van der Waals surface area contributed by atoms with Gasteiger partial charge in [0, 0.05) is 7.05 Å². The molecule has 1 aliphatic heterocycles. The number of hydrogen-bond donors (Lipinski definition) is 1. The summed E-state index contributed by atoms with van der Waals surface area (Å²) in [5.74, 6) is -0.136. The van der Waals surface area contributed by atoms with E-state index in [-0.39, 0.29) is 11.8 Å². The second kappa shape index (κ2) is 4.93. The van der Waals surface area contributed by atoms with Gasteiger partial charge in [0.25, 0.3) is 5.91 Å². The number of benzene rings is 1. The lowest BCUT2D eigenvalue weighted by atomic mass is 9.80. The van der Waals surface area contributed by atoms with E-state index >= 15 is 0 Å². The number of hydrogen-bond acceptors (Lipinski definition) is 2. The van der Waals surface area contributed by atoms with Crippen molar-refractivity contribution in [1.82, 2.24) is 10.2 Å². The van der Waals surface area contributed by atoms with Crippen molar-refractivity contribution in [2.24, 2.45) is 0 Å². The number of amides is 2. The Morgan fingerprint density at radius 1 is 1.10 bits per heavy atom. The highest BCUT2D eigenvalue weighted by molar-refractivity contribution is 6.02. The highest BCUT2D eigenvalue weighted by Gasteiger charge is 2.54. The minimum Gasteiger partial charge on any atom is -0.336 e. The van der Waals surface area contributed by atoms with E-state index < -0.39 is 11.1 Å². The fourth-order valence-corrected chi connectivity index (χ4v) is 3.09. The van der Waals surface area contributed by atoms with E-state index in [2.05, 4.69) is 5.32 Å². The quantitative estimate of drug-likeness (QED) is 0.917. The van der Waals surface area contributed by atoms with Gasteiger partial charge in [-0.25, -0.2) is 0 Å². The summed E-state index contributed by atoms with van der Waals surface area (Å²) in [7, 11) is 1.73. The van der Waals surface area contributed by atoms with Gasteiger partial charge in [-0.1, -0.05) is 44.2 Å². The lowest BCUT2D eigenvalue weighted by Gasteiger charge is -2.49. The highest BCUT2D eigenvalue weighted by Crippen LogP contribution is 2.35. The summed E-state index contributed by atoms with van der Waals surface area (Å²) in [4.78, 5) is 27.1. The number of carbonyl (C=O) groups excluding carboxylic acids is 2. The fraction of sp³-hybridized carbons (Fsp3) is 0.500. The van der Waals surface area contributed by atoms with Gasteiger partial charge in [-0.2, -0.15) is 0 Å². The van der Waals surface area contributed by atoms with Gasteiger partial charge in [0.2, 0.25) is 5.91 Å². The van der Waals surface area contributed by atoms with Crippen LogP contribution in [-0.4, -0.2) is 29.3 Å². The molecule has 1 heterocycles. The molecule has 1 fully saturated rings. The molecule has 1 unspecified atom stereocenters. The summed E-state index contributed by atoms with van der Waals surface area (Å²) in [6.07, 6.45) is 1.23. The number of rotatable bonds is 3. The van der Waals surface area contributed by atoms with Gasteiger partial charge in [0.05, 0.1) is 0 Å². The van der Waals surface area contributed by atoms with E-state index in [1.807, 2.05) is 44.2 Å². The molecular formula is C16H22N2O2. The second-order valence-corrected chi connectivity index (χ2v) is 5.55. The zero-order valence-electron chi connectivity index (χ0n) is 12.6. The Kier molecular flexibility index (Phi) is 3.59. The van der Waals surface area contributed by atoms with Gasteiger partial charge < -0.3 is 10.2 Å². The summed E-state index contributed by atoms with van der Waals surface area (Å²) in [5.41, 5.74) is -0.905. The third-order valence-corrected chi connectivity index (χ3v) is 4.68. The summed E-state index contributed by atoms with van der Waals surface area (Å²) in [6.45, 7) is 5.66. The molecule has 0 bridgehead atoms. The van der Waals surface area contributed by atoms with Crippen LogP contribution in [0.15, 0.2) is 30.3 Å². The van der Waals surface area contributed by atoms with Crippen molar-refractivity contribution in [3.63, 3.8) is 0 Å². The molecule has 1 N–H and O–H groups in total. The Morgan fingerprint density at radius 2 is 1.65 bits per heavy atom. The summed E-state index contributed by atoms with van der Waals surface area (Å²) in [5, 5.41) is 2.95. The van der Waals surface area contributed by atoms with Crippen molar-refractivity contribution in [1.29, 1.82) is 0 Å². The summed E-state index contributed by atoms with van der Waals surface area (Å²) < 4.78 is 0. The molecule has 20 heavy (non-hydrogen) atoms. The molecule has 4 nitrogen and oxygen atoms in total. The molecule has 1 aromatic carbocycles. The molecule has 0 radical (unpaired) electrons. The predicted molar refractivity (Wildman–Crippen MR) is 78.0 cm³/mol. The average Bonchev–Trinajstić information content (AvgIpc) is 2.47. The zero-order chi connectivity index (χ0) is 15.0. The van der Waals surface area contributed by atoms with Crippen LogP contribution < -0.4 is 5.32 Å². The van der Waals surface area contributed by atoms with Crippen molar-refractivity contribution < 1.29 is 9.59 Å². The molecule has 1 atom stereocenters. The largest absolute Gasteiger partial charge is 0.336 e. The molecular weight excluding hydrogens is 252 g/mol. The summed E-state index contributed by atoms with van der Waals surface area (Å²) in [6, 6.07) is 9.39. The van der Waals surface area contributed by atoms with Gasteiger partial charge >= 0.3 is 0 Å². The Labute approximate surface area is 120 Å². The van der Waals surface area contributed by atoms with E-state index in [0.29, 0.717) is 12.8 Å². The van der Waals surface area contributed by atoms with Crippen LogP contribution in [0.2, 0.25) is 0 Å². The number of nitrogens with zero attached hydrogens (tertiary/aromatic N) is 1. The Bertz CT molecular complexity index is 523. The predicted octanol–water partition coefficient (Wildman–Crippen LogP) is 2.05. The SMILES string of the molecule is CCC1(CC)C(=O)NC(C)(c2ccccc2)C(=O)N1C. The van der Waals surface area contributed by atoms with Gasteiger partial charge in [0.1, 0.15) is 11.1 Å². The minimum absolute atomic E-state index is 0.0630. The van der Waals surface area contributed by atoms with Crippen molar-refractivity contribution in [3.05, 3.63) is 35.9 Å². The topological polar surface area (TPSA) is 49.4 Å². The number of piperazine rings is 1. The van der Waals surface area contributed by atoms with Crippen molar-refractivity contribution in [3.8, 4) is 0 Å². The molecule has 1 aromatic rings. The molecule has 0 spiro atoms. The van der Waals surface area contributed by atoms with E-state index in [9.17, 15) is 9.59 Å². The molecule has 1 aliphatic rings. The first-order valence-corrected chi connectivity index (χ1v) is 7.08. The van der Waals surface area contributed by atoms with Crippen LogP contribution in [0.5, 0.6) is 0 Å². The second-order valence-electron chi connectivity index (χ2n) is 5.55. The third-order valence-electron chi connectivity index (χ3n) is 4.68. The maximum atomic E-state index is 12.8. The zero-order valence-corrected chi connectivity index (χ0v) is 12.6. The van der Waals surface area contributed by atoms with Crippen LogP contribution in [0.4, 0.5) is 0 Å². The third kappa shape index (κ3) is 1.82. The van der Waals surface area contributed by atoms with Gasteiger partial charge in [-0.05, 0) is 25.3 Å². The smallest absolute Gasteiger partial charge is 0.253 e. The molecule has 0 saturated carbocycles. The molecule has 0 aliphatic carbocycles. The van der Waals surface area contributed by atoms with Crippen LogP contribution in [0.25, 0.3) is 0 Å². The number of nitrogens with one attached hydrogen (secondary N) is 1. The maximum absolute atomic E-state index is 12.8. The lowest BCUT2D eigenvalue weighted by Crippen LogP contribution is -2.72. The van der Waals surface area contributed by atoms with Gasteiger partial charge in [-0.15, -0.1) is 0 Å². The Morgan fingerprint density at radius 3 is 2.15 bits per heavy atom. The molecule has 0 aromatic heterocycles. The Hall–Kier alpha value is -1.84. The first-order valence-electron chi connectivity index (χ1n) is 7.08. The van der Waals surface area contributed by atoms with Crippen LogP contribution in [0, 0.1) is 0 Å². The van der Waals surface area contributed by atoms with Crippen LogP contribution in [0.3, 0.4) is 0 Å². The standard InChI is InChI=1S/C16H22N2O2/c1-5-16(6-2)13(19)17-15(3,14(20)18(16)4)12-10-8-7-9-11-12/h7-11H,5-6H2,1-4H3,(H,17,19). The normalized spacial score (nSPS) is 25.5. The highest BCUT2D eigenvalue weighted by atomic mass is 16.2.